The zero-order valence-electron chi connectivity index (χ0n) is 13.9. The van der Waals surface area contributed by atoms with Crippen molar-refractivity contribution < 1.29 is 31.1 Å². The molecule has 0 aliphatic carbocycles. The van der Waals surface area contributed by atoms with E-state index < -0.39 is 29.0 Å². The maximum atomic E-state index is 13.4. The minimum atomic E-state index is -5.19. The lowest BCUT2D eigenvalue weighted by Crippen LogP contribution is -2.27. The van der Waals surface area contributed by atoms with E-state index >= 15 is 0 Å². The summed E-state index contributed by atoms with van der Waals surface area (Å²) in [6.45, 7) is 2.27. The van der Waals surface area contributed by atoms with Gasteiger partial charge in [0.2, 0.25) is 0 Å². The van der Waals surface area contributed by atoms with Crippen LogP contribution in [0.3, 0.4) is 0 Å². The Kier molecular flexibility index (Phi) is 5.27. The third kappa shape index (κ3) is 4.32. The maximum Gasteiger partial charge on any atom is 0.417 e. The molecule has 1 fully saturated rings. The fourth-order valence-corrected chi connectivity index (χ4v) is 2.92. The molecule has 1 saturated heterocycles. The van der Waals surface area contributed by atoms with Crippen molar-refractivity contribution in [2.75, 3.05) is 31.2 Å². The summed E-state index contributed by atoms with van der Waals surface area (Å²) in [5.41, 5.74) is -4.44. The lowest BCUT2D eigenvalue weighted by molar-refractivity contribution is -0.161. The predicted octanol–water partition coefficient (Wildman–Crippen LogP) is 4.41. The van der Waals surface area contributed by atoms with Crippen LogP contribution >= 0.6 is 0 Å². The first-order valence-electron chi connectivity index (χ1n) is 8.12. The van der Waals surface area contributed by atoms with E-state index in [1.807, 2.05) is 4.90 Å². The van der Waals surface area contributed by atoms with Crippen LogP contribution in [0.25, 0.3) is 11.3 Å². The van der Waals surface area contributed by atoms with Gasteiger partial charge in [0.05, 0.1) is 23.4 Å². The molecule has 10 heteroatoms. The number of aromatic nitrogens is 2. The van der Waals surface area contributed by atoms with E-state index in [1.165, 1.54) is 12.1 Å². The molecule has 0 spiro atoms. The molecule has 0 N–H and O–H groups in total. The maximum absolute atomic E-state index is 13.4. The van der Waals surface area contributed by atoms with E-state index in [0.717, 1.165) is 18.6 Å². The van der Waals surface area contributed by atoms with Crippen molar-refractivity contribution in [1.82, 2.24) is 10.2 Å². The van der Waals surface area contributed by atoms with E-state index in [2.05, 4.69) is 10.2 Å². The first-order chi connectivity index (χ1) is 12.7. The molecular weight excluding hydrogens is 376 g/mol. The Morgan fingerprint density at radius 2 is 1.63 bits per heavy atom. The molecule has 0 unspecified atom stereocenters. The molecule has 0 bridgehead atoms. The van der Waals surface area contributed by atoms with Crippen molar-refractivity contribution in [3.63, 3.8) is 0 Å². The number of hydrogen-bond acceptors (Lipinski definition) is 4. The Morgan fingerprint density at radius 1 is 0.852 bits per heavy atom. The third-order valence-electron chi connectivity index (χ3n) is 4.13. The Balaban J connectivity index is 2.01. The van der Waals surface area contributed by atoms with E-state index in [4.69, 9.17) is 4.74 Å². The van der Waals surface area contributed by atoms with Crippen molar-refractivity contribution in [1.29, 1.82) is 0 Å². The Bertz CT molecular complexity index is 781. The number of halogens is 6. The van der Waals surface area contributed by atoms with Crippen molar-refractivity contribution in [2.45, 2.75) is 18.8 Å². The molecule has 1 aromatic carbocycles. The van der Waals surface area contributed by atoms with Crippen LogP contribution in [0.1, 0.15) is 17.5 Å². The average molecular weight is 391 g/mol. The van der Waals surface area contributed by atoms with Gasteiger partial charge in [-0.1, -0.05) is 12.1 Å². The van der Waals surface area contributed by atoms with Crippen LogP contribution in [0, 0.1) is 0 Å². The molecule has 2 heterocycles. The van der Waals surface area contributed by atoms with Gasteiger partial charge in [0.1, 0.15) is 0 Å². The van der Waals surface area contributed by atoms with E-state index in [1.54, 1.807) is 0 Å². The smallest absolute Gasteiger partial charge is 0.380 e. The fourth-order valence-electron chi connectivity index (χ4n) is 2.92. The van der Waals surface area contributed by atoms with E-state index in [-0.39, 0.29) is 5.69 Å². The standard InChI is InChI=1S/C17H15F6N3O/c18-16(19,20)12-4-1-3-11(15(12)17(21,22)23)13-5-6-14(25-24-13)26-7-2-9-27-10-8-26/h1,3-6H,2,7-10H2. The average Bonchev–Trinajstić information content (AvgIpc) is 2.89. The van der Waals surface area contributed by atoms with Crippen LogP contribution in [0.2, 0.25) is 0 Å². The number of nitrogens with zero attached hydrogens (tertiary/aromatic N) is 3. The highest BCUT2D eigenvalue weighted by Gasteiger charge is 2.45. The number of benzene rings is 1. The highest BCUT2D eigenvalue weighted by molar-refractivity contribution is 5.67. The highest BCUT2D eigenvalue weighted by atomic mass is 19.4. The molecule has 3 rings (SSSR count). The summed E-state index contributed by atoms with van der Waals surface area (Å²) >= 11 is 0. The minimum absolute atomic E-state index is 0.275. The van der Waals surface area contributed by atoms with Gasteiger partial charge in [-0.15, -0.1) is 10.2 Å². The summed E-state index contributed by atoms with van der Waals surface area (Å²) in [6.07, 6.45) is -9.57. The normalized spacial score (nSPS) is 16.3. The summed E-state index contributed by atoms with van der Waals surface area (Å²) in [5, 5.41) is 7.66. The molecule has 0 atom stereocenters. The van der Waals surface area contributed by atoms with Gasteiger partial charge in [0.15, 0.2) is 5.82 Å². The number of alkyl halides is 6. The second-order valence-corrected chi connectivity index (χ2v) is 5.95. The first-order valence-corrected chi connectivity index (χ1v) is 8.12. The molecule has 2 aromatic rings. The zero-order chi connectivity index (χ0) is 19.7. The summed E-state index contributed by atoms with van der Waals surface area (Å²) < 4.78 is 84.6. The lowest BCUT2D eigenvalue weighted by Gasteiger charge is -2.21. The minimum Gasteiger partial charge on any atom is -0.380 e. The van der Waals surface area contributed by atoms with Crippen molar-refractivity contribution in [2.24, 2.45) is 0 Å². The Hall–Kier alpha value is -2.36. The van der Waals surface area contributed by atoms with Gasteiger partial charge < -0.3 is 9.64 Å². The molecule has 146 valence electrons. The summed E-state index contributed by atoms with van der Waals surface area (Å²) in [4.78, 5) is 1.86. The number of hydrogen-bond donors (Lipinski definition) is 0. The summed E-state index contributed by atoms with van der Waals surface area (Å²) in [7, 11) is 0. The SMILES string of the molecule is FC(F)(F)c1cccc(-c2ccc(N3CCCOCC3)nn2)c1C(F)(F)F. The molecule has 0 amide bonds. The lowest BCUT2D eigenvalue weighted by atomic mass is 9.97. The topological polar surface area (TPSA) is 38.2 Å². The second kappa shape index (κ2) is 7.34. The molecule has 1 aliphatic heterocycles. The highest BCUT2D eigenvalue weighted by Crippen LogP contribution is 2.44. The Morgan fingerprint density at radius 3 is 2.26 bits per heavy atom. The predicted molar refractivity (Wildman–Crippen MR) is 85.1 cm³/mol. The van der Waals surface area contributed by atoms with Gasteiger partial charge in [-0.25, -0.2) is 0 Å². The zero-order valence-corrected chi connectivity index (χ0v) is 13.9. The quantitative estimate of drug-likeness (QED) is 0.711. The van der Waals surface area contributed by atoms with Gasteiger partial charge in [-0.3, -0.25) is 0 Å². The van der Waals surface area contributed by atoms with Crippen molar-refractivity contribution in [3.8, 4) is 11.3 Å². The van der Waals surface area contributed by atoms with Gasteiger partial charge in [0, 0.05) is 25.3 Å². The van der Waals surface area contributed by atoms with Crippen LogP contribution in [0.4, 0.5) is 32.2 Å². The van der Waals surface area contributed by atoms with Gasteiger partial charge in [0.25, 0.3) is 0 Å². The van der Waals surface area contributed by atoms with Crippen LogP contribution < -0.4 is 4.90 Å². The van der Waals surface area contributed by atoms with Gasteiger partial charge in [-0.2, -0.15) is 26.3 Å². The third-order valence-corrected chi connectivity index (χ3v) is 4.13. The summed E-state index contributed by atoms with van der Waals surface area (Å²) in [6, 6.07) is 4.99. The molecule has 0 saturated carbocycles. The molecule has 1 aliphatic rings. The molecule has 0 radical (unpaired) electrons. The molecule has 27 heavy (non-hydrogen) atoms. The second-order valence-electron chi connectivity index (χ2n) is 5.95. The van der Waals surface area contributed by atoms with Crippen molar-refractivity contribution >= 4 is 5.82 Å². The largest absolute Gasteiger partial charge is 0.417 e. The monoisotopic (exact) mass is 391 g/mol. The van der Waals surface area contributed by atoms with E-state index in [9.17, 15) is 26.3 Å². The van der Waals surface area contributed by atoms with Crippen molar-refractivity contribution in [3.05, 3.63) is 41.5 Å². The number of rotatable bonds is 2. The van der Waals surface area contributed by atoms with E-state index in [0.29, 0.717) is 38.2 Å². The first kappa shape index (κ1) is 19.4. The molecule has 1 aromatic heterocycles. The molecule has 4 nitrogen and oxygen atoms in total. The molecular formula is C17H15F6N3O. The van der Waals surface area contributed by atoms with Crippen LogP contribution in [0.5, 0.6) is 0 Å². The number of anilines is 1. The number of ether oxygens (including phenoxy) is 1. The van der Waals surface area contributed by atoms with Crippen LogP contribution in [-0.4, -0.2) is 36.5 Å². The van der Waals surface area contributed by atoms with Crippen LogP contribution in [-0.2, 0) is 17.1 Å². The van der Waals surface area contributed by atoms with Crippen LogP contribution in [0.15, 0.2) is 30.3 Å². The Labute approximate surface area is 150 Å². The van der Waals surface area contributed by atoms with Gasteiger partial charge >= 0.3 is 12.4 Å². The fraction of sp³-hybridized carbons (Fsp3) is 0.412. The summed E-state index contributed by atoms with van der Waals surface area (Å²) in [5.74, 6) is 0.435. The van der Waals surface area contributed by atoms with Gasteiger partial charge in [-0.05, 0) is 24.6 Å².